The molecule has 0 radical (unpaired) electrons. The van der Waals surface area contributed by atoms with Crippen molar-refractivity contribution in [3.8, 4) is 11.5 Å². The van der Waals surface area contributed by atoms with E-state index in [2.05, 4.69) is 5.32 Å². The first-order chi connectivity index (χ1) is 12.2. The molecule has 0 saturated heterocycles. The highest BCUT2D eigenvalue weighted by atomic mass is 16.5. The number of amides is 1. The molecule has 1 heterocycles. The number of anilines is 1. The van der Waals surface area contributed by atoms with Crippen LogP contribution < -0.4 is 14.8 Å². The highest BCUT2D eigenvalue weighted by Crippen LogP contribution is 2.33. The molecule has 1 N–H and O–H groups in total. The molecule has 0 saturated carbocycles. The average Bonchev–Trinajstić information content (AvgIpc) is 2.87. The third-order valence-corrected chi connectivity index (χ3v) is 4.32. The Kier molecular flexibility index (Phi) is 5.56. The summed E-state index contributed by atoms with van der Waals surface area (Å²) in [4.78, 5) is 14.9. The van der Waals surface area contributed by atoms with Gasteiger partial charge >= 0.3 is 0 Å². The number of fused-ring (bicyclic) bond motifs is 1. The molecule has 132 valence electrons. The van der Waals surface area contributed by atoms with Crippen molar-refractivity contribution in [1.29, 1.82) is 0 Å². The molecule has 0 aliphatic carbocycles. The van der Waals surface area contributed by atoms with E-state index in [1.165, 1.54) is 0 Å². The lowest BCUT2D eigenvalue weighted by Gasteiger charge is -2.26. The van der Waals surface area contributed by atoms with Gasteiger partial charge in [-0.3, -0.25) is 9.69 Å². The highest BCUT2D eigenvalue weighted by molar-refractivity contribution is 5.95. The standard InChI is InChI=1S/C20H24N2O3/c1-3-22(2)19(15-8-5-4-6-9-15)20(23)21-16-10-11-17-18(14-16)25-13-7-12-24-17/h4-6,8-11,14,19H,3,7,12-13H2,1-2H3,(H,21,23)/t19-/m1/s1. The van der Waals surface area contributed by atoms with Crippen LogP contribution in [0.5, 0.6) is 11.5 Å². The number of likely N-dealkylation sites (N-methyl/N-ethyl adjacent to an activating group) is 1. The van der Waals surface area contributed by atoms with Crippen LogP contribution in [0, 0.1) is 0 Å². The van der Waals surface area contributed by atoms with Crippen molar-refractivity contribution in [2.24, 2.45) is 0 Å². The number of ether oxygens (including phenoxy) is 2. The van der Waals surface area contributed by atoms with Gasteiger partial charge in [-0.1, -0.05) is 37.3 Å². The maximum Gasteiger partial charge on any atom is 0.246 e. The van der Waals surface area contributed by atoms with E-state index in [4.69, 9.17) is 9.47 Å². The smallest absolute Gasteiger partial charge is 0.246 e. The normalized spacial score (nSPS) is 14.7. The molecule has 0 aromatic heterocycles. The van der Waals surface area contributed by atoms with Crippen LogP contribution in [-0.4, -0.2) is 37.6 Å². The van der Waals surface area contributed by atoms with Crippen molar-refractivity contribution >= 4 is 11.6 Å². The van der Waals surface area contributed by atoms with E-state index >= 15 is 0 Å². The number of benzene rings is 2. The lowest BCUT2D eigenvalue weighted by Crippen LogP contribution is -2.34. The van der Waals surface area contributed by atoms with Crippen molar-refractivity contribution in [1.82, 2.24) is 4.90 Å². The lowest BCUT2D eigenvalue weighted by atomic mass is 10.0. The highest BCUT2D eigenvalue weighted by Gasteiger charge is 2.24. The third kappa shape index (κ3) is 4.12. The number of hydrogen-bond acceptors (Lipinski definition) is 4. The van der Waals surface area contributed by atoms with Gasteiger partial charge < -0.3 is 14.8 Å². The SMILES string of the molecule is CCN(C)[C@@H](C(=O)Nc1ccc2c(c1)OCCCO2)c1ccccc1. The van der Waals surface area contributed by atoms with Crippen molar-refractivity contribution < 1.29 is 14.3 Å². The van der Waals surface area contributed by atoms with E-state index < -0.39 is 0 Å². The summed E-state index contributed by atoms with van der Waals surface area (Å²) in [6, 6.07) is 15.0. The van der Waals surface area contributed by atoms with Gasteiger partial charge in [-0.25, -0.2) is 0 Å². The molecule has 1 atom stereocenters. The number of hydrogen-bond donors (Lipinski definition) is 1. The lowest BCUT2D eigenvalue weighted by molar-refractivity contribution is -0.121. The second-order valence-electron chi connectivity index (χ2n) is 6.09. The summed E-state index contributed by atoms with van der Waals surface area (Å²) in [5.74, 6) is 1.33. The predicted molar refractivity (Wildman–Crippen MR) is 98.2 cm³/mol. The Labute approximate surface area is 148 Å². The van der Waals surface area contributed by atoms with Crippen molar-refractivity contribution in [2.45, 2.75) is 19.4 Å². The molecule has 0 unspecified atom stereocenters. The van der Waals surface area contributed by atoms with Gasteiger partial charge in [0.15, 0.2) is 11.5 Å². The van der Waals surface area contributed by atoms with Gasteiger partial charge in [-0.15, -0.1) is 0 Å². The van der Waals surface area contributed by atoms with Crippen molar-refractivity contribution in [2.75, 3.05) is 32.1 Å². The van der Waals surface area contributed by atoms with Gasteiger partial charge in [0.05, 0.1) is 13.2 Å². The number of carbonyl (C=O) groups excluding carboxylic acids is 1. The Bertz CT molecular complexity index is 718. The molecule has 1 aliphatic rings. The van der Waals surface area contributed by atoms with Crippen molar-refractivity contribution in [3.63, 3.8) is 0 Å². The van der Waals surface area contributed by atoms with Crippen LogP contribution >= 0.6 is 0 Å². The molecule has 0 bridgehead atoms. The zero-order valence-electron chi connectivity index (χ0n) is 14.7. The molecule has 2 aromatic rings. The quantitative estimate of drug-likeness (QED) is 0.905. The van der Waals surface area contributed by atoms with Gasteiger partial charge in [0, 0.05) is 18.2 Å². The zero-order valence-corrected chi connectivity index (χ0v) is 14.7. The van der Waals surface area contributed by atoms with Gasteiger partial charge in [-0.2, -0.15) is 0 Å². The zero-order chi connectivity index (χ0) is 17.6. The summed E-state index contributed by atoms with van der Waals surface area (Å²) in [6.07, 6.45) is 0.855. The predicted octanol–water partition coefficient (Wildman–Crippen LogP) is 3.48. The first-order valence-electron chi connectivity index (χ1n) is 8.64. The molecule has 2 aromatic carbocycles. The van der Waals surface area contributed by atoms with E-state index in [9.17, 15) is 4.79 Å². The molecule has 0 fully saturated rings. The summed E-state index contributed by atoms with van der Waals surface area (Å²) < 4.78 is 11.3. The fourth-order valence-corrected chi connectivity index (χ4v) is 2.88. The topological polar surface area (TPSA) is 50.8 Å². The first-order valence-corrected chi connectivity index (χ1v) is 8.64. The van der Waals surface area contributed by atoms with Crippen LogP contribution in [0.4, 0.5) is 5.69 Å². The number of nitrogens with one attached hydrogen (secondary N) is 1. The summed E-state index contributed by atoms with van der Waals surface area (Å²) in [5.41, 5.74) is 1.68. The molecule has 5 nitrogen and oxygen atoms in total. The fourth-order valence-electron chi connectivity index (χ4n) is 2.88. The van der Waals surface area contributed by atoms with E-state index in [1.807, 2.05) is 67.4 Å². The average molecular weight is 340 g/mol. The van der Waals surface area contributed by atoms with Gasteiger partial charge in [-0.05, 0) is 31.3 Å². The first kappa shape index (κ1) is 17.3. The molecular weight excluding hydrogens is 316 g/mol. The second-order valence-corrected chi connectivity index (χ2v) is 6.09. The fraction of sp³-hybridized carbons (Fsp3) is 0.350. The monoisotopic (exact) mass is 340 g/mol. The van der Waals surface area contributed by atoms with E-state index in [0.717, 1.165) is 24.3 Å². The van der Waals surface area contributed by atoms with Crippen LogP contribution in [0.25, 0.3) is 0 Å². The minimum Gasteiger partial charge on any atom is -0.490 e. The Morgan fingerprint density at radius 2 is 1.84 bits per heavy atom. The van der Waals surface area contributed by atoms with Gasteiger partial charge in [0.2, 0.25) is 5.91 Å². The number of carbonyl (C=O) groups is 1. The Balaban J connectivity index is 1.80. The van der Waals surface area contributed by atoms with E-state index in [1.54, 1.807) is 0 Å². The Hall–Kier alpha value is -2.53. The maximum absolute atomic E-state index is 12.9. The number of rotatable bonds is 5. The van der Waals surface area contributed by atoms with Gasteiger partial charge in [0.1, 0.15) is 6.04 Å². The molecule has 25 heavy (non-hydrogen) atoms. The minimum atomic E-state index is -0.345. The molecule has 1 aliphatic heterocycles. The molecule has 5 heteroatoms. The summed E-state index contributed by atoms with van der Waals surface area (Å²) >= 11 is 0. The van der Waals surface area contributed by atoms with Crippen LogP contribution in [0.1, 0.15) is 24.9 Å². The molecule has 1 amide bonds. The van der Waals surface area contributed by atoms with Crippen molar-refractivity contribution in [3.05, 3.63) is 54.1 Å². The van der Waals surface area contributed by atoms with Crippen LogP contribution in [0.2, 0.25) is 0 Å². The van der Waals surface area contributed by atoms with Crippen LogP contribution in [0.15, 0.2) is 48.5 Å². The minimum absolute atomic E-state index is 0.0648. The summed E-state index contributed by atoms with van der Waals surface area (Å²) in [7, 11) is 1.95. The summed E-state index contributed by atoms with van der Waals surface area (Å²) in [6.45, 7) is 4.08. The molecular formula is C20H24N2O3. The number of nitrogens with zero attached hydrogens (tertiary/aromatic N) is 1. The Morgan fingerprint density at radius 1 is 1.12 bits per heavy atom. The van der Waals surface area contributed by atoms with E-state index in [-0.39, 0.29) is 11.9 Å². The van der Waals surface area contributed by atoms with Crippen LogP contribution in [-0.2, 0) is 4.79 Å². The molecule has 3 rings (SSSR count). The second kappa shape index (κ2) is 8.03. The van der Waals surface area contributed by atoms with Gasteiger partial charge in [0.25, 0.3) is 0 Å². The van der Waals surface area contributed by atoms with Crippen LogP contribution in [0.3, 0.4) is 0 Å². The molecule has 0 spiro atoms. The third-order valence-electron chi connectivity index (χ3n) is 4.32. The Morgan fingerprint density at radius 3 is 2.56 bits per heavy atom. The summed E-state index contributed by atoms with van der Waals surface area (Å²) in [5, 5.41) is 3.01. The van der Waals surface area contributed by atoms with E-state index in [0.29, 0.717) is 24.7 Å². The largest absolute Gasteiger partial charge is 0.490 e. The maximum atomic E-state index is 12.9.